The highest BCUT2D eigenvalue weighted by Crippen LogP contribution is 2.32. The number of hydrogen-bond acceptors (Lipinski definition) is 5. The zero-order valence-corrected chi connectivity index (χ0v) is 17.1. The Balaban J connectivity index is 1.78. The van der Waals surface area contributed by atoms with Gasteiger partial charge < -0.3 is 0 Å². The van der Waals surface area contributed by atoms with E-state index in [1.165, 1.54) is 16.8 Å². The zero-order chi connectivity index (χ0) is 23.0. The normalized spacial score (nSPS) is 12.3. The lowest BCUT2D eigenvalue weighted by atomic mass is 10.2. The maximum Gasteiger partial charge on any atom is 0.419 e. The van der Waals surface area contributed by atoms with Crippen LogP contribution in [0.2, 0.25) is 0 Å². The first-order valence-corrected chi connectivity index (χ1v) is 10.3. The Morgan fingerprint density at radius 3 is 2.39 bits per heavy atom. The number of benzene rings is 1. The number of aryl methyl sites for hydroxylation is 2. The van der Waals surface area contributed by atoms with Gasteiger partial charge in [-0.15, -0.1) is 5.10 Å². The number of halogens is 4. The molecule has 3 rings (SSSR count). The largest absolute Gasteiger partial charge is 0.419 e. The summed E-state index contributed by atoms with van der Waals surface area (Å²) in [6.45, 7) is 3.05. The molecule has 2 aromatic heterocycles. The van der Waals surface area contributed by atoms with Crippen molar-refractivity contribution < 1.29 is 26.0 Å². The molecule has 0 bridgehead atoms. The van der Waals surface area contributed by atoms with Crippen molar-refractivity contribution in [3.63, 3.8) is 0 Å². The summed E-state index contributed by atoms with van der Waals surface area (Å²) in [5.74, 6) is -1.25. The molecule has 1 aromatic carbocycles. The van der Waals surface area contributed by atoms with E-state index >= 15 is 0 Å². The maximum absolute atomic E-state index is 13.4. The van der Waals surface area contributed by atoms with Crippen molar-refractivity contribution in [3.8, 4) is 5.82 Å². The molecule has 8 nitrogen and oxygen atoms in total. The van der Waals surface area contributed by atoms with Crippen LogP contribution in [0.1, 0.15) is 17.0 Å². The van der Waals surface area contributed by atoms with Gasteiger partial charge in [0, 0.05) is 18.3 Å². The van der Waals surface area contributed by atoms with Gasteiger partial charge in [0.25, 0.3) is 5.56 Å². The number of nitrogens with one attached hydrogen (secondary N) is 1. The Bertz CT molecular complexity index is 1280. The predicted molar refractivity (Wildman–Crippen MR) is 102 cm³/mol. The molecule has 0 unspecified atom stereocenters. The van der Waals surface area contributed by atoms with Crippen molar-refractivity contribution in [3.05, 3.63) is 69.5 Å². The third-order valence-corrected chi connectivity index (χ3v) is 5.71. The van der Waals surface area contributed by atoms with Gasteiger partial charge in [-0.2, -0.15) is 18.3 Å². The summed E-state index contributed by atoms with van der Waals surface area (Å²) in [6, 6.07) is 5.87. The van der Waals surface area contributed by atoms with E-state index in [4.69, 9.17) is 0 Å². The van der Waals surface area contributed by atoms with Crippen LogP contribution < -0.4 is 10.3 Å². The van der Waals surface area contributed by atoms with Crippen LogP contribution in [-0.2, 0) is 22.7 Å². The number of sulfonamides is 1. The summed E-state index contributed by atoms with van der Waals surface area (Å²) in [5.41, 5.74) is -0.688. The monoisotopic (exact) mass is 459 g/mol. The molecule has 166 valence electrons. The third kappa shape index (κ3) is 4.99. The first-order chi connectivity index (χ1) is 14.4. The Kier molecular flexibility index (Phi) is 6.00. The lowest BCUT2D eigenvalue weighted by molar-refractivity contribution is -0.140. The van der Waals surface area contributed by atoms with Crippen molar-refractivity contribution >= 4 is 10.0 Å². The highest BCUT2D eigenvalue weighted by molar-refractivity contribution is 7.89. The topological polar surface area (TPSA) is 98.9 Å². The minimum atomic E-state index is -5.05. The Hall–Kier alpha value is -3.06. The molecule has 0 aliphatic carbocycles. The fourth-order valence-electron chi connectivity index (χ4n) is 2.83. The molecule has 0 spiro atoms. The fraction of sp³-hybridized carbons (Fsp3) is 0.278. The number of alkyl halides is 3. The first kappa shape index (κ1) is 22.6. The summed E-state index contributed by atoms with van der Waals surface area (Å²) in [4.78, 5) is 11.3. The second-order valence-corrected chi connectivity index (χ2v) is 8.40. The summed E-state index contributed by atoms with van der Waals surface area (Å²) < 4.78 is 81.1. The molecule has 13 heteroatoms. The highest BCUT2D eigenvalue weighted by atomic mass is 32.2. The van der Waals surface area contributed by atoms with Gasteiger partial charge >= 0.3 is 6.18 Å². The Labute approximate surface area is 174 Å². The van der Waals surface area contributed by atoms with E-state index < -0.39 is 38.0 Å². The lowest BCUT2D eigenvalue weighted by Gasteiger charge is -2.12. The van der Waals surface area contributed by atoms with Crippen LogP contribution in [0.15, 0.2) is 46.1 Å². The van der Waals surface area contributed by atoms with Gasteiger partial charge in [-0.05, 0) is 44.2 Å². The maximum atomic E-state index is 13.4. The molecule has 0 saturated carbocycles. The van der Waals surface area contributed by atoms with Crippen LogP contribution >= 0.6 is 0 Å². The van der Waals surface area contributed by atoms with Crippen molar-refractivity contribution in [1.29, 1.82) is 0 Å². The number of aromatic nitrogens is 4. The molecule has 0 aliphatic rings. The Morgan fingerprint density at radius 1 is 1.06 bits per heavy atom. The first-order valence-electron chi connectivity index (χ1n) is 8.87. The van der Waals surface area contributed by atoms with E-state index in [-0.39, 0.29) is 19.2 Å². The van der Waals surface area contributed by atoms with E-state index in [2.05, 4.69) is 14.9 Å². The van der Waals surface area contributed by atoms with Gasteiger partial charge in [-0.1, -0.05) is 0 Å². The molecular formula is C18H17F4N5O3S. The van der Waals surface area contributed by atoms with Crippen LogP contribution in [0.3, 0.4) is 0 Å². The van der Waals surface area contributed by atoms with Gasteiger partial charge in [-0.25, -0.2) is 26.9 Å². The fourth-order valence-corrected chi connectivity index (χ4v) is 3.88. The highest BCUT2D eigenvalue weighted by Gasteiger charge is 2.35. The predicted octanol–water partition coefficient (Wildman–Crippen LogP) is 2.18. The molecular weight excluding hydrogens is 442 g/mol. The van der Waals surface area contributed by atoms with Crippen molar-refractivity contribution in [2.24, 2.45) is 0 Å². The van der Waals surface area contributed by atoms with Crippen molar-refractivity contribution in [2.75, 3.05) is 6.54 Å². The molecule has 3 aromatic rings. The Morgan fingerprint density at radius 2 is 1.77 bits per heavy atom. The quantitative estimate of drug-likeness (QED) is 0.570. The lowest BCUT2D eigenvalue weighted by Crippen LogP contribution is -2.32. The van der Waals surface area contributed by atoms with Crippen molar-refractivity contribution in [2.45, 2.75) is 31.5 Å². The van der Waals surface area contributed by atoms with E-state index in [9.17, 15) is 30.8 Å². The summed E-state index contributed by atoms with van der Waals surface area (Å²) >= 11 is 0. The van der Waals surface area contributed by atoms with Gasteiger partial charge in [0.1, 0.15) is 5.82 Å². The SMILES string of the molecule is Cc1cc(C)n(-c2ccc(=O)n(CCNS(=O)(=O)c3ccc(F)c(C(F)(F)F)c3)n2)n1. The number of hydrogen-bond donors (Lipinski definition) is 1. The zero-order valence-electron chi connectivity index (χ0n) is 16.3. The molecule has 0 aliphatic heterocycles. The smallest absolute Gasteiger partial charge is 0.268 e. The average Bonchev–Trinajstić information content (AvgIpc) is 3.00. The molecule has 0 saturated heterocycles. The number of nitrogens with zero attached hydrogens (tertiary/aromatic N) is 4. The second-order valence-electron chi connectivity index (χ2n) is 6.63. The van der Waals surface area contributed by atoms with E-state index in [0.29, 0.717) is 11.9 Å². The minimum Gasteiger partial charge on any atom is -0.268 e. The second kappa shape index (κ2) is 8.23. The average molecular weight is 459 g/mol. The van der Waals surface area contributed by atoms with Crippen molar-refractivity contribution in [1.82, 2.24) is 24.3 Å². The number of rotatable bonds is 6. The molecule has 2 heterocycles. The van der Waals surface area contributed by atoms with Crippen LogP contribution in [0.25, 0.3) is 5.82 Å². The molecule has 1 N–H and O–H groups in total. The summed E-state index contributed by atoms with van der Waals surface area (Å²) in [5, 5.41) is 8.39. The van der Waals surface area contributed by atoms with Crippen LogP contribution in [0, 0.1) is 19.7 Å². The van der Waals surface area contributed by atoms with Crippen LogP contribution in [0.4, 0.5) is 17.6 Å². The third-order valence-electron chi connectivity index (χ3n) is 4.25. The summed E-state index contributed by atoms with van der Waals surface area (Å²) in [6.07, 6.45) is -5.05. The molecule has 31 heavy (non-hydrogen) atoms. The van der Waals surface area contributed by atoms with Crippen LogP contribution in [0.5, 0.6) is 0 Å². The van der Waals surface area contributed by atoms with E-state index in [1.54, 1.807) is 13.8 Å². The summed E-state index contributed by atoms with van der Waals surface area (Å²) in [7, 11) is -4.39. The van der Waals surface area contributed by atoms with Gasteiger partial charge in [0.15, 0.2) is 5.82 Å². The molecule has 0 atom stereocenters. The van der Waals surface area contributed by atoms with E-state index in [1.807, 2.05) is 6.07 Å². The van der Waals surface area contributed by atoms with E-state index in [0.717, 1.165) is 22.1 Å². The standard InChI is InChI=1S/C18H17F4N5O3S/c1-11-9-12(2)27(24-11)16-5-6-17(28)26(25-16)8-7-23-31(29,30)13-3-4-15(19)14(10-13)18(20,21)22/h3-6,9-10,23H,7-8H2,1-2H3. The molecule has 0 radical (unpaired) electrons. The minimum absolute atomic E-state index is 0.196. The van der Waals surface area contributed by atoms with Gasteiger partial charge in [0.05, 0.1) is 22.7 Å². The van der Waals surface area contributed by atoms with Gasteiger partial charge in [-0.3, -0.25) is 4.79 Å². The van der Waals surface area contributed by atoms with Gasteiger partial charge in [0.2, 0.25) is 10.0 Å². The van der Waals surface area contributed by atoms with Crippen LogP contribution in [-0.4, -0.2) is 34.5 Å². The molecule has 0 amide bonds. The molecule has 0 fully saturated rings.